The Balaban J connectivity index is 1.66. The second kappa shape index (κ2) is 10.6. The third-order valence-corrected chi connectivity index (χ3v) is 6.90. The molecule has 3 aromatic carbocycles. The summed E-state index contributed by atoms with van der Waals surface area (Å²) in [6, 6.07) is 22.3. The van der Waals surface area contributed by atoms with Crippen LogP contribution in [0.5, 0.6) is 5.75 Å². The number of alkyl halides is 3. The van der Waals surface area contributed by atoms with Crippen LogP contribution < -0.4 is 10.5 Å². The van der Waals surface area contributed by atoms with E-state index >= 15 is 0 Å². The van der Waals surface area contributed by atoms with Gasteiger partial charge in [0, 0.05) is 22.8 Å². The number of amidine groups is 1. The van der Waals surface area contributed by atoms with Crippen molar-refractivity contribution in [2.24, 2.45) is 5.73 Å². The standard InChI is InChI=1S/C27H23F3N2O4S/c1-34-26(27(28,29)30,18-11-6-3-7-12-18)25(33)35-16-21(17-9-4-2-5-10-17)36-20-13-8-14-22-19(20)15-23(37-22)24(31)32/h2-15,21H,16H2,1H3,(H3,31,32)/t21?,26-/m1/s1. The predicted molar refractivity (Wildman–Crippen MR) is 135 cm³/mol. The highest BCUT2D eigenvalue weighted by molar-refractivity contribution is 7.20. The molecule has 10 heteroatoms. The van der Waals surface area contributed by atoms with Gasteiger partial charge in [-0.25, -0.2) is 4.79 Å². The zero-order valence-corrected chi connectivity index (χ0v) is 20.4. The molecule has 0 fully saturated rings. The Morgan fingerprint density at radius 2 is 1.65 bits per heavy atom. The largest absolute Gasteiger partial charge is 0.481 e. The molecule has 0 radical (unpaired) electrons. The minimum atomic E-state index is -5.09. The van der Waals surface area contributed by atoms with Crippen molar-refractivity contribution in [1.29, 1.82) is 5.41 Å². The lowest BCUT2D eigenvalue weighted by Gasteiger charge is -2.33. The number of carbonyl (C=O) groups excluding carboxylic acids is 1. The number of ether oxygens (including phenoxy) is 3. The van der Waals surface area contributed by atoms with E-state index in [1.807, 2.05) is 6.07 Å². The van der Waals surface area contributed by atoms with Crippen LogP contribution in [-0.2, 0) is 19.9 Å². The van der Waals surface area contributed by atoms with Crippen molar-refractivity contribution in [2.45, 2.75) is 17.9 Å². The number of esters is 1. The molecule has 1 aromatic heterocycles. The number of nitrogens with one attached hydrogen (secondary N) is 1. The monoisotopic (exact) mass is 528 g/mol. The van der Waals surface area contributed by atoms with E-state index in [1.165, 1.54) is 29.5 Å². The van der Waals surface area contributed by atoms with Gasteiger partial charge >= 0.3 is 12.1 Å². The number of carbonyl (C=O) groups is 1. The number of rotatable bonds is 9. The normalized spacial score (nSPS) is 14.1. The molecule has 0 bridgehead atoms. The summed E-state index contributed by atoms with van der Waals surface area (Å²) in [5.74, 6) is -1.29. The topological polar surface area (TPSA) is 94.6 Å². The molecule has 0 aliphatic heterocycles. The highest BCUT2D eigenvalue weighted by atomic mass is 32.1. The highest BCUT2D eigenvalue weighted by Crippen LogP contribution is 2.43. The Morgan fingerprint density at radius 3 is 2.24 bits per heavy atom. The summed E-state index contributed by atoms with van der Waals surface area (Å²) >= 11 is 1.31. The maximum absolute atomic E-state index is 14.3. The molecule has 37 heavy (non-hydrogen) atoms. The van der Waals surface area contributed by atoms with E-state index in [9.17, 15) is 18.0 Å². The number of nitrogen functional groups attached to an aromatic ring is 1. The van der Waals surface area contributed by atoms with Crippen LogP contribution in [0.2, 0.25) is 0 Å². The van der Waals surface area contributed by atoms with E-state index in [0.29, 0.717) is 21.6 Å². The van der Waals surface area contributed by atoms with Gasteiger partial charge in [-0.1, -0.05) is 66.7 Å². The summed E-state index contributed by atoms with van der Waals surface area (Å²) in [4.78, 5) is 13.6. The van der Waals surface area contributed by atoms with Gasteiger partial charge in [0.15, 0.2) is 6.10 Å². The van der Waals surface area contributed by atoms with Crippen molar-refractivity contribution in [1.82, 2.24) is 0 Å². The average Bonchev–Trinajstić information content (AvgIpc) is 3.33. The summed E-state index contributed by atoms with van der Waals surface area (Å²) in [5, 5.41) is 8.39. The lowest BCUT2D eigenvalue weighted by atomic mass is 9.92. The van der Waals surface area contributed by atoms with Crippen molar-refractivity contribution < 1.29 is 32.2 Å². The van der Waals surface area contributed by atoms with E-state index in [0.717, 1.165) is 23.9 Å². The number of thiophene rings is 1. The van der Waals surface area contributed by atoms with Crippen LogP contribution in [0.15, 0.2) is 84.9 Å². The molecule has 3 N–H and O–H groups in total. The fourth-order valence-electron chi connectivity index (χ4n) is 3.93. The molecule has 0 saturated heterocycles. The van der Waals surface area contributed by atoms with Gasteiger partial charge < -0.3 is 19.9 Å². The predicted octanol–water partition coefficient (Wildman–Crippen LogP) is 5.95. The molecule has 1 heterocycles. The van der Waals surface area contributed by atoms with Gasteiger partial charge in [0.25, 0.3) is 5.60 Å². The summed E-state index contributed by atoms with van der Waals surface area (Å²) in [6.07, 6.45) is -6.02. The van der Waals surface area contributed by atoms with Gasteiger partial charge in [0.05, 0.1) is 4.88 Å². The second-order valence-corrected chi connectivity index (χ2v) is 9.14. The van der Waals surface area contributed by atoms with Gasteiger partial charge in [0.1, 0.15) is 18.2 Å². The molecule has 1 unspecified atom stereocenters. The number of hydrogen-bond acceptors (Lipinski definition) is 6. The van der Waals surface area contributed by atoms with Crippen molar-refractivity contribution >= 4 is 33.2 Å². The first kappa shape index (κ1) is 26.2. The quantitative estimate of drug-likeness (QED) is 0.159. The Morgan fingerprint density at radius 1 is 1.00 bits per heavy atom. The smallest absolute Gasteiger partial charge is 0.432 e. The zero-order chi connectivity index (χ0) is 26.6. The maximum Gasteiger partial charge on any atom is 0.432 e. The molecule has 0 aliphatic carbocycles. The Kier molecular flexibility index (Phi) is 7.51. The molecule has 0 aliphatic rings. The van der Waals surface area contributed by atoms with Crippen molar-refractivity contribution in [3.63, 3.8) is 0 Å². The summed E-state index contributed by atoms with van der Waals surface area (Å²) in [7, 11) is 0.816. The molecule has 4 rings (SSSR count). The number of methoxy groups -OCH3 is 1. The van der Waals surface area contributed by atoms with Crippen molar-refractivity contribution in [3.05, 3.63) is 101 Å². The van der Waals surface area contributed by atoms with Gasteiger partial charge in [-0.3, -0.25) is 5.41 Å². The molecule has 0 amide bonds. The molecular weight excluding hydrogens is 505 g/mol. The van der Waals surface area contributed by atoms with E-state index in [4.69, 9.17) is 25.4 Å². The van der Waals surface area contributed by atoms with E-state index < -0.39 is 36.0 Å². The van der Waals surface area contributed by atoms with Crippen LogP contribution in [0.3, 0.4) is 0 Å². The lowest BCUT2D eigenvalue weighted by molar-refractivity contribution is -0.277. The van der Waals surface area contributed by atoms with Gasteiger partial charge in [-0.2, -0.15) is 13.2 Å². The molecule has 0 spiro atoms. The summed E-state index contributed by atoms with van der Waals surface area (Å²) in [5.41, 5.74) is 2.51. The van der Waals surface area contributed by atoms with Gasteiger partial charge in [0.2, 0.25) is 0 Å². The van der Waals surface area contributed by atoms with Gasteiger partial charge in [-0.05, 0) is 23.8 Å². The van der Waals surface area contributed by atoms with Crippen molar-refractivity contribution in [3.8, 4) is 5.75 Å². The summed E-state index contributed by atoms with van der Waals surface area (Å²) in [6.45, 7) is -0.517. The maximum atomic E-state index is 14.3. The lowest BCUT2D eigenvalue weighted by Crippen LogP contribution is -2.52. The zero-order valence-electron chi connectivity index (χ0n) is 19.6. The van der Waals surface area contributed by atoms with Crippen LogP contribution >= 0.6 is 11.3 Å². The number of hydrogen-bond donors (Lipinski definition) is 2. The molecular formula is C27H23F3N2O4S. The van der Waals surface area contributed by atoms with E-state index in [2.05, 4.69) is 0 Å². The minimum absolute atomic E-state index is 0.0929. The van der Waals surface area contributed by atoms with Crippen molar-refractivity contribution in [2.75, 3.05) is 13.7 Å². The first-order valence-electron chi connectivity index (χ1n) is 11.1. The number of halogens is 3. The molecule has 6 nitrogen and oxygen atoms in total. The molecule has 0 saturated carbocycles. The van der Waals surface area contributed by atoms with Crippen LogP contribution in [0.25, 0.3) is 10.1 Å². The third kappa shape index (κ3) is 5.16. The number of fused-ring (bicyclic) bond motifs is 1. The SMILES string of the molecule is CO[C@@](C(=O)OCC(Oc1cccc2sc(C(=N)N)cc12)c1ccccc1)(c1ccccc1)C(F)(F)F. The first-order valence-corrected chi connectivity index (χ1v) is 11.9. The van der Waals surface area contributed by atoms with Crippen LogP contribution in [-0.4, -0.2) is 31.7 Å². The number of nitrogens with two attached hydrogens (primary N) is 1. The Labute approximate surface area is 214 Å². The van der Waals surface area contributed by atoms with Crippen LogP contribution in [0, 0.1) is 5.41 Å². The highest BCUT2D eigenvalue weighted by Gasteiger charge is 2.64. The number of benzene rings is 3. The van der Waals surface area contributed by atoms with Crippen LogP contribution in [0.4, 0.5) is 13.2 Å². The fourth-order valence-corrected chi connectivity index (χ4v) is 4.87. The summed E-state index contributed by atoms with van der Waals surface area (Å²) < 4.78 is 59.9. The Hall–Kier alpha value is -3.89. The van der Waals surface area contributed by atoms with E-state index in [1.54, 1.807) is 48.5 Å². The average molecular weight is 529 g/mol. The van der Waals surface area contributed by atoms with Crippen LogP contribution in [0.1, 0.15) is 22.1 Å². The van der Waals surface area contributed by atoms with Gasteiger partial charge in [-0.15, -0.1) is 11.3 Å². The molecule has 4 aromatic rings. The minimum Gasteiger partial charge on any atom is -0.481 e. The molecule has 2 atom stereocenters. The second-order valence-electron chi connectivity index (χ2n) is 8.06. The molecule has 192 valence electrons. The first-order chi connectivity index (χ1) is 17.7. The Bertz CT molecular complexity index is 1390. The third-order valence-electron chi connectivity index (χ3n) is 5.77. The van der Waals surface area contributed by atoms with E-state index in [-0.39, 0.29) is 5.84 Å². The fraction of sp³-hybridized carbons (Fsp3) is 0.185.